The first-order chi connectivity index (χ1) is 10.8. The molecule has 2 rings (SSSR count). The van der Waals surface area contributed by atoms with Crippen LogP contribution >= 0.6 is 0 Å². The van der Waals surface area contributed by atoms with Gasteiger partial charge in [-0.3, -0.25) is 4.79 Å². The quantitative estimate of drug-likeness (QED) is 0.917. The lowest BCUT2D eigenvalue weighted by molar-refractivity contribution is -0.122. The second-order valence-corrected chi connectivity index (χ2v) is 6.65. The Labute approximate surface area is 135 Å². The minimum Gasteiger partial charge on any atom is -0.349 e. The smallest absolute Gasteiger partial charge is 0.227 e. The van der Waals surface area contributed by atoms with Crippen molar-refractivity contribution in [3.8, 4) is 0 Å². The first kappa shape index (κ1) is 17.1. The Hall–Kier alpha value is -2.24. The highest BCUT2D eigenvalue weighted by molar-refractivity contribution is 5.76. The molecule has 23 heavy (non-hydrogen) atoms. The molecule has 124 valence electrons. The number of aromatic nitrogens is 2. The van der Waals surface area contributed by atoms with Crippen molar-refractivity contribution in [2.75, 3.05) is 0 Å². The first-order valence-electron chi connectivity index (χ1n) is 7.60. The highest BCUT2D eigenvalue weighted by atomic mass is 19.1. The second kappa shape index (κ2) is 6.89. The van der Waals surface area contributed by atoms with Crippen LogP contribution in [0.2, 0.25) is 0 Å². The van der Waals surface area contributed by atoms with Crippen molar-refractivity contribution in [1.29, 1.82) is 0 Å². The number of benzene rings is 1. The van der Waals surface area contributed by atoms with Crippen LogP contribution in [0.25, 0.3) is 0 Å². The summed E-state index contributed by atoms with van der Waals surface area (Å²) in [5.74, 6) is 0.607. The average molecular weight is 319 g/mol. The molecule has 1 heterocycles. The van der Waals surface area contributed by atoms with Gasteiger partial charge in [0.05, 0.1) is 6.04 Å². The van der Waals surface area contributed by atoms with Gasteiger partial charge in [-0.05, 0) is 30.0 Å². The van der Waals surface area contributed by atoms with Crippen LogP contribution in [0.3, 0.4) is 0 Å². The molecule has 1 amide bonds. The number of nitrogens with one attached hydrogen (secondary N) is 1. The van der Waals surface area contributed by atoms with E-state index in [-0.39, 0.29) is 29.6 Å². The van der Waals surface area contributed by atoms with Crippen LogP contribution in [0.1, 0.15) is 50.5 Å². The average Bonchev–Trinajstić information content (AvgIpc) is 2.88. The van der Waals surface area contributed by atoms with Crippen LogP contribution in [-0.2, 0) is 11.2 Å². The number of amides is 1. The first-order valence-corrected chi connectivity index (χ1v) is 7.60. The fourth-order valence-corrected chi connectivity index (χ4v) is 2.35. The summed E-state index contributed by atoms with van der Waals surface area (Å²) in [5, 5.41) is 6.72. The summed E-state index contributed by atoms with van der Waals surface area (Å²) < 4.78 is 18.1. The molecule has 1 atom stereocenters. The normalized spacial score (nSPS) is 12.9. The summed E-state index contributed by atoms with van der Waals surface area (Å²) in [4.78, 5) is 16.3. The third-order valence-electron chi connectivity index (χ3n) is 3.51. The number of aryl methyl sites for hydroxylation is 2. The molecule has 0 aliphatic heterocycles. The Morgan fingerprint density at radius 1 is 1.30 bits per heavy atom. The number of hydrogen-bond donors (Lipinski definition) is 1. The summed E-state index contributed by atoms with van der Waals surface area (Å²) in [6, 6.07) is 6.00. The molecule has 2 aromatic rings. The number of rotatable bonds is 5. The molecule has 5 nitrogen and oxygen atoms in total. The minimum absolute atomic E-state index is 0.106. The topological polar surface area (TPSA) is 68.0 Å². The van der Waals surface area contributed by atoms with E-state index in [1.165, 1.54) is 12.1 Å². The SMILES string of the molecule is Cc1noc(CCC(=O)NC(c2ccc(F)cc2)C(C)(C)C)n1. The molecule has 1 aromatic carbocycles. The lowest BCUT2D eigenvalue weighted by Gasteiger charge is -2.32. The van der Waals surface area contributed by atoms with E-state index < -0.39 is 0 Å². The summed E-state index contributed by atoms with van der Waals surface area (Å²) in [6.07, 6.45) is 0.655. The Kier molecular flexibility index (Phi) is 5.13. The Morgan fingerprint density at radius 2 is 1.96 bits per heavy atom. The minimum atomic E-state index is -0.292. The van der Waals surface area contributed by atoms with Gasteiger partial charge in [-0.15, -0.1) is 0 Å². The van der Waals surface area contributed by atoms with Crippen molar-refractivity contribution in [3.63, 3.8) is 0 Å². The highest BCUT2D eigenvalue weighted by Gasteiger charge is 2.27. The third kappa shape index (κ3) is 4.87. The van der Waals surface area contributed by atoms with E-state index in [0.717, 1.165) is 5.56 Å². The molecular formula is C17H22FN3O2. The van der Waals surface area contributed by atoms with E-state index in [9.17, 15) is 9.18 Å². The lowest BCUT2D eigenvalue weighted by Crippen LogP contribution is -2.36. The zero-order valence-corrected chi connectivity index (χ0v) is 13.9. The van der Waals surface area contributed by atoms with E-state index in [1.54, 1.807) is 19.1 Å². The fraction of sp³-hybridized carbons (Fsp3) is 0.471. The fourth-order valence-electron chi connectivity index (χ4n) is 2.35. The molecule has 1 N–H and O–H groups in total. The zero-order valence-electron chi connectivity index (χ0n) is 13.9. The Balaban J connectivity index is 2.02. The molecule has 0 spiro atoms. The Morgan fingerprint density at radius 3 is 2.48 bits per heavy atom. The maximum Gasteiger partial charge on any atom is 0.227 e. The molecule has 0 saturated carbocycles. The monoisotopic (exact) mass is 319 g/mol. The van der Waals surface area contributed by atoms with Gasteiger partial charge in [0.25, 0.3) is 0 Å². The van der Waals surface area contributed by atoms with Gasteiger partial charge in [0.1, 0.15) is 5.82 Å². The molecule has 0 saturated heterocycles. The predicted octanol–water partition coefficient (Wildman–Crippen LogP) is 3.35. The molecule has 0 fully saturated rings. The molecule has 0 radical (unpaired) electrons. The highest BCUT2D eigenvalue weighted by Crippen LogP contribution is 2.32. The number of carbonyl (C=O) groups is 1. The van der Waals surface area contributed by atoms with Gasteiger partial charge in [0.2, 0.25) is 11.8 Å². The van der Waals surface area contributed by atoms with E-state index in [0.29, 0.717) is 18.1 Å². The Bertz CT molecular complexity index is 659. The van der Waals surface area contributed by atoms with Crippen molar-refractivity contribution >= 4 is 5.91 Å². The van der Waals surface area contributed by atoms with Crippen LogP contribution < -0.4 is 5.32 Å². The number of hydrogen-bond acceptors (Lipinski definition) is 4. The van der Waals surface area contributed by atoms with Crippen LogP contribution in [0.4, 0.5) is 4.39 Å². The van der Waals surface area contributed by atoms with Gasteiger partial charge in [-0.2, -0.15) is 4.98 Å². The zero-order chi connectivity index (χ0) is 17.0. The summed E-state index contributed by atoms with van der Waals surface area (Å²) in [5.41, 5.74) is 0.676. The number of halogens is 1. The molecule has 0 aliphatic carbocycles. The van der Waals surface area contributed by atoms with E-state index in [1.807, 2.05) is 20.8 Å². The van der Waals surface area contributed by atoms with E-state index >= 15 is 0 Å². The van der Waals surface area contributed by atoms with Crippen molar-refractivity contribution in [3.05, 3.63) is 47.4 Å². The summed E-state index contributed by atoms with van der Waals surface area (Å²) in [6.45, 7) is 7.82. The molecule has 1 unspecified atom stereocenters. The van der Waals surface area contributed by atoms with Crippen molar-refractivity contribution in [2.45, 2.75) is 46.6 Å². The number of nitrogens with zero attached hydrogens (tertiary/aromatic N) is 2. The second-order valence-electron chi connectivity index (χ2n) is 6.65. The molecule has 6 heteroatoms. The van der Waals surface area contributed by atoms with E-state index in [4.69, 9.17) is 4.52 Å². The maximum absolute atomic E-state index is 13.1. The number of carbonyl (C=O) groups excluding carboxylic acids is 1. The standard InChI is InChI=1S/C17H22FN3O2/c1-11-19-15(23-21-11)10-9-14(22)20-16(17(2,3)4)12-5-7-13(18)8-6-12/h5-8,16H,9-10H2,1-4H3,(H,20,22). The molecule has 0 aliphatic rings. The maximum atomic E-state index is 13.1. The van der Waals surface area contributed by atoms with Gasteiger partial charge >= 0.3 is 0 Å². The van der Waals surface area contributed by atoms with Gasteiger partial charge < -0.3 is 9.84 Å². The molecular weight excluding hydrogens is 297 g/mol. The van der Waals surface area contributed by atoms with Gasteiger partial charge in [0, 0.05) is 12.8 Å². The van der Waals surface area contributed by atoms with Crippen molar-refractivity contribution < 1.29 is 13.7 Å². The van der Waals surface area contributed by atoms with Crippen LogP contribution in [0.5, 0.6) is 0 Å². The third-order valence-corrected chi connectivity index (χ3v) is 3.51. The van der Waals surface area contributed by atoms with Crippen molar-refractivity contribution in [2.24, 2.45) is 5.41 Å². The summed E-state index contributed by atoms with van der Waals surface area (Å²) >= 11 is 0. The van der Waals surface area contributed by atoms with E-state index in [2.05, 4.69) is 15.5 Å². The van der Waals surface area contributed by atoms with Crippen LogP contribution in [0.15, 0.2) is 28.8 Å². The van der Waals surface area contributed by atoms with Crippen LogP contribution in [0, 0.1) is 18.2 Å². The van der Waals surface area contributed by atoms with Crippen LogP contribution in [-0.4, -0.2) is 16.0 Å². The largest absolute Gasteiger partial charge is 0.349 e. The molecule has 1 aromatic heterocycles. The predicted molar refractivity (Wildman–Crippen MR) is 84.1 cm³/mol. The molecule has 0 bridgehead atoms. The van der Waals surface area contributed by atoms with Gasteiger partial charge in [-0.1, -0.05) is 38.1 Å². The van der Waals surface area contributed by atoms with Crippen molar-refractivity contribution in [1.82, 2.24) is 15.5 Å². The van der Waals surface area contributed by atoms with Gasteiger partial charge in [-0.25, -0.2) is 4.39 Å². The lowest BCUT2D eigenvalue weighted by atomic mass is 9.82. The summed E-state index contributed by atoms with van der Waals surface area (Å²) in [7, 11) is 0. The van der Waals surface area contributed by atoms with Gasteiger partial charge in [0.15, 0.2) is 5.82 Å².